The lowest BCUT2D eigenvalue weighted by molar-refractivity contribution is -0.120. The lowest BCUT2D eigenvalue weighted by atomic mass is 9.97. The summed E-state index contributed by atoms with van der Waals surface area (Å²) in [5, 5.41) is 13.8. The Labute approximate surface area is 190 Å². The van der Waals surface area contributed by atoms with Gasteiger partial charge in [0.25, 0.3) is 0 Å². The number of thiophene rings is 1. The van der Waals surface area contributed by atoms with Crippen LogP contribution in [0.15, 0.2) is 70.9 Å². The lowest BCUT2D eigenvalue weighted by Gasteiger charge is -2.30. The molecule has 0 bridgehead atoms. The molecule has 0 unspecified atom stereocenters. The number of hydrogen-bond acceptors (Lipinski definition) is 5. The standard InChI is InChI=1S/C23H22N4O3S2/c28-23(24-22-15-20(25-26-22)21-6-3-13-31-21)17-9-11-27(12-10-17)32(29,30)19-8-7-16-4-1-2-5-18(16)14-19/h1-8,13-15,17H,9-12H2,(H2,24,25,26,28). The molecule has 1 fully saturated rings. The van der Waals surface area contributed by atoms with Crippen LogP contribution in [0.2, 0.25) is 0 Å². The number of benzene rings is 2. The monoisotopic (exact) mass is 466 g/mol. The Morgan fingerprint density at radius 3 is 2.56 bits per heavy atom. The minimum atomic E-state index is -3.60. The molecule has 0 saturated carbocycles. The van der Waals surface area contributed by atoms with E-state index in [-0.39, 0.29) is 16.7 Å². The van der Waals surface area contributed by atoms with Gasteiger partial charge in [-0.3, -0.25) is 9.89 Å². The van der Waals surface area contributed by atoms with Crippen molar-refractivity contribution in [2.75, 3.05) is 18.4 Å². The molecule has 4 aromatic rings. The molecule has 164 valence electrons. The minimum Gasteiger partial charge on any atom is -0.309 e. The third kappa shape index (κ3) is 4.06. The smallest absolute Gasteiger partial charge is 0.243 e. The molecule has 2 N–H and O–H groups in total. The van der Waals surface area contributed by atoms with Crippen LogP contribution in [0.3, 0.4) is 0 Å². The summed E-state index contributed by atoms with van der Waals surface area (Å²) in [6.07, 6.45) is 0.946. The zero-order valence-corrected chi connectivity index (χ0v) is 18.8. The normalized spacial score (nSPS) is 15.8. The molecule has 32 heavy (non-hydrogen) atoms. The zero-order chi connectivity index (χ0) is 22.1. The second-order valence-corrected chi connectivity index (χ2v) is 10.7. The highest BCUT2D eigenvalue weighted by atomic mass is 32.2. The predicted molar refractivity (Wildman–Crippen MR) is 126 cm³/mol. The first-order valence-corrected chi connectivity index (χ1v) is 12.7. The molecule has 0 aliphatic carbocycles. The van der Waals surface area contributed by atoms with E-state index >= 15 is 0 Å². The fourth-order valence-corrected chi connectivity index (χ4v) is 6.21. The molecule has 7 nitrogen and oxygen atoms in total. The molecule has 3 heterocycles. The van der Waals surface area contributed by atoms with Crippen LogP contribution >= 0.6 is 11.3 Å². The summed E-state index contributed by atoms with van der Waals surface area (Å²) in [5.74, 6) is 0.0986. The Balaban J connectivity index is 1.22. The SMILES string of the molecule is O=C(Nc1cc(-c2cccs2)[nH]n1)C1CCN(S(=O)(=O)c2ccc3ccccc3c2)CC1. The zero-order valence-electron chi connectivity index (χ0n) is 17.2. The van der Waals surface area contributed by atoms with Gasteiger partial charge in [-0.15, -0.1) is 11.3 Å². The fraction of sp³-hybridized carbons (Fsp3) is 0.217. The highest BCUT2D eigenvalue weighted by molar-refractivity contribution is 7.89. The summed E-state index contributed by atoms with van der Waals surface area (Å²) in [7, 11) is -3.60. The average Bonchev–Trinajstić information content (AvgIpc) is 3.51. The average molecular weight is 467 g/mol. The number of rotatable bonds is 5. The van der Waals surface area contributed by atoms with Gasteiger partial charge in [0.2, 0.25) is 15.9 Å². The molecule has 1 aliphatic rings. The first kappa shape index (κ1) is 20.9. The van der Waals surface area contributed by atoms with E-state index in [9.17, 15) is 13.2 Å². The number of carbonyl (C=O) groups excluding carboxylic acids is 1. The molecule has 2 aromatic heterocycles. The number of H-pyrrole nitrogens is 1. The summed E-state index contributed by atoms with van der Waals surface area (Å²) in [6.45, 7) is 0.627. The van der Waals surface area contributed by atoms with Crippen LogP contribution in [0.5, 0.6) is 0 Å². The Morgan fingerprint density at radius 2 is 1.81 bits per heavy atom. The van der Waals surface area contributed by atoms with Gasteiger partial charge in [-0.2, -0.15) is 9.40 Å². The quantitative estimate of drug-likeness (QED) is 0.458. The number of amides is 1. The van der Waals surface area contributed by atoms with Gasteiger partial charge in [-0.05, 0) is 47.2 Å². The number of fused-ring (bicyclic) bond motifs is 1. The van der Waals surface area contributed by atoms with Gasteiger partial charge in [-0.1, -0.05) is 36.4 Å². The molecule has 5 rings (SSSR count). The van der Waals surface area contributed by atoms with Crippen LogP contribution in [0.4, 0.5) is 5.82 Å². The van der Waals surface area contributed by atoms with Crippen LogP contribution in [0.1, 0.15) is 12.8 Å². The van der Waals surface area contributed by atoms with Gasteiger partial charge < -0.3 is 5.32 Å². The lowest BCUT2D eigenvalue weighted by Crippen LogP contribution is -2.41. The number of carbonyl (C=O) groups is 1. The van der Waals surface area contributed by atoms with Crippen LogP contribution in [-0.4, -0.2) is 41.9 Å². The Morgan fingerprint density at radius 1 is 1.03 bits per heavy atom. The van der Waals surface area contributed by atoms with Crippen LogP contribution < -0.4 is 5.32 Å². The van der Waals surface area contributed by atoms with Crippen molar-refractivity contribution in [2.45, 2.75) is 17.7 Å². The Bertz CT molecular complexity index is 1350. The highest BCUT2D eigenvalue weighted by Gasteiger charge is 2.32. The minimum absolute atomic E-state index is 0.128. The summed E-state index contributed by atoms with van der Waals surface area (Å²) >= 11 is 1.59. The number of piperidine rings is 1. The number of sulfonamides is 1. The van der Waals surface area contributed by atoms with E-state index in [1.54, 1.807) is 23.5 Å². The number of aromatic nitrogens is 2. The van der Waals surface area contributed by atoms with Gasteiger partial charge in [0, 0.05) is 25.1 Å². The summed E-state index contributed by atoms with van der Waals surface area (Å²) < 4.78 is 27.7. The number of hydrogen-bond donors (Lipinski definition) is 2. The van der Waals surface area contributed by atoms with Crippen LogP contribution in [0.25, 0.3) is 21.3 Å². The van der Waals surface area contributed by atoms with Crippen molar-refractivity contribution >= 4 is 43.9 Å². The third-order valence-corrected chi connectivity index (χ3v) is 8.60. The van der Waals surface area contributed by atoms with E-state index < -0.39 is 10.0 Å². The maximum absolute atomic E-state index is 13.1. The van der Waals surface area contributed by atoms with E-state index in [2.05, 4.69) is 15.5 Å². The van der Waals surface area contributed by atoms with Crippen molar-refractivity contribution in [3.05, 3.63) is 66.0 Å². The summed E-state index contributed by atoms with van der Waals surface area (Å²) in [4.78, 5) is 14.0. The first-order valence-electron chi connectivity index (χ1n) is 10.4. The Kier molecular flexibility index (Phi) is 5.54. The van der Waals surface area contributed by atoms with E-state index in [1.165, 1.54) is 4.31 Å². The molecule has 1 amide bonds. The molecule has 1 saturated heterocycles. The first-order chi connectivity index (χ1) is 15.5. The van der Waals surface area contributed by atoms with Gasteiger partial charge in [-0.25, -0.2) is 8.42 Å². The molecular weight excluding hydrogens is 444 g/mol. The van der Waals surface area contributed by atoms with Crippen molar-refractivity contribution in [3.8, 4) is 10.6 Å². The molecule has 0 spiro atoms. The van der Waals surface area contributed by atoms with Gasteiger partial charge in [0.05, 0.1) is 15.5 Å². The molecular formula is C23H22N4O3S2. The maximum atomic E-state index is 13.1. The molecule has 1 aliphatic heterocycles. The highest BCUT2D eigenvalue weighted by Crippen LogP contribution is 2.28. The number of nitrogens with zero attached hydrogens (tertiary/aromatic N) is 2. The predicted octanol–water partition coefficient (Wildman–Crippen LogP) is 4.33. The second-order valence-electron chi connectivity index (χ2n) is 7.82. The van der Waals surface area contributed by atoms with Gasteiger partial charge in [0.15, 0.2) is 5.82 Å². The number of nitrogens with one attached hydrogen (secondary N) is 2. The van der Waals surface area contributed by atoms with Gasteiger partial charge >= 0.3 is 0 Å². The van der Waals surface area contributed by atoms with Crippen LogP contribution in [-0.2, 0) is 14.8 Å². The van der Waals surface area contributed by atoms with Crippen molar-refractivity contribution in [1.29, 1.82) is 0 Å². The van der Waals surface area contributed by atoms with Crippen molar-refractivity contribution < 1.29 is 13.2 Å². The second kappa shape index (κ2) is 8.50. The molecule has 0 atom stereocenters. The maximum Gasteiger partial charge on any atom is 0.243 e. The van der Waals surface area contributed by atoms with Crippen molar-refractivity contribution in [3.63, 3.8) is 0 Å². The fourth-order valence-electron chi connectivity index (χ4n) is 4.01. The summed E-state index contributed by atoms with van der Waals surface area (Å²) in [5.41, 5.74) is 0.853. The van der Waals surface area contributed by atoms with E-state index in [4.69, 9.17) is 0 Å². The van der Waals surface area contributed by atoms with E-state index in [1.807, 2.05) is 53.9 Å². The number of aromatic amines is 1. The third-order valence-electron chi connectivity index (χ3n) is 5.80. The van der Waals surface area contributed by atoms with Crippen molar-refractivity contribution in [2.24, 2.45) is 5.92 Å². The molecule has 9 heteroatoms. The topological polar surface area (TPSA) is 95.2 Å². The Hall–Kier alpha value is -3.01. The van der Waals surface area contributed by atoms with Gasteiger partial charge in [0.1, 0.15) is 0 Å². The van der Waals surface area contributed by atoms with Crippen molar-refractivity contribution in [1.82, 2.24) is 14.5 Å². The largest absolute Gasteiger partial charge is 0.309 e. The summed E-state index contributed by atoms with van der Waals surface area (Å²) in [6, 6.07) is 18.6. The molecule has 2 aromatic carbocycles. The van der Waals surface area contributed by atoms with Crippen LogP contribution in [0, 0.1) is 5.92 Å². The van der Waals surface area contributed by atoms with E-state index in [0.29, 0.717) is 31.7 Å². The number of anilines is 1. The van der Waals surface area contributed by atoms with E-state index in [0.717, 1.165) is 21.3 Å². The molecule has 0 radical (unpaired) electrons.